The molecule has 1 heterocycles. The summed E-state index contributed by atoms with van der Waals surface area (Å²) in [6.07, 6.45) is 2.58. The first-order valence-electron chi connectivity index (χ1n) is 5.57. The lowest BCUT2D eigenvalue weighted by atomic mass is 9.89. The van der Waals surface area contributed by atoms with E-state index in [1.807, 2.05) is 0 Å². The Hall–Kier alpha value is -0.0800. The van der Waals surface area contributed by atoms with Gasteiger partial charge < -0.3 is 10.2 Å². The minimum Gasteiger partial charge on any atom is -0.315 e. The van der Waals surface area contributed by atoms with Gasteiger partial charge in [0.05, 0.1) is 0 Å². The van der Waals surface area contributed by atoms with Gasteiger partial charge in [-0.1, -0.05) is 20.8 Å². The van der Waals surface area contributed by atoms with Crippen molar-refractivity contribution in [2.45, 2.75) is 33.6 Å². The van der Waals surface area contributed by atoms with E-state index in [1.165, 1.54) is 45.6 Å². The zero-order valence-electron chi connectivity index (χ0n) is 9.40. The van der Waals surface area contributed by atoms with E-state index >= 15 is 0 Å². The van der Waals surface area contributed by atoms with Crippen molar-refractivity contribution in [2.75, 3.05) is 32.7 Å². The van der Waals surface area contributed by atoms with Crippen molar-refractivity contribution in [1.82, 2.24) is 10.2 Å². The van der Waals surface area contributed by atoms with Crippen molar-refractivity contribution in [1.29, 1.82) is 0 Å². The third kappa shape index (κ3) is 4.10. The van der Waals surface area contributed by atoms with Gasteiger partial charge in [0.1, 0.15) is 0 Å². The Morgan fingerprint density at radius 2 is 2.00 bits per heavy atom. The van der Waals surface area contributed by atoms with Crippen molar-refractivity contribution < 1.29 is 0 Å². The molecule has 0 aromatic rings. The van der Waals surface area contributed by atoms with Crippen molar-refractivity contribution in [3.63, 3.8) is 0 Å². The second-order valence-corrected chi connectivity index (χ2v) is 4.90. The Morgan fingerprint density at radius 3 is 2.69 bits per heavy atom. The molecule has 0 aliphatic carbocycles. The fourth-order valence-electron chi connectivity index (χ4n) is 1.78. The summed E-state index contributed by atoms with van der Waals surface area (Å²) in [5.74, 6) is 0. The second kappa shape index (κ2) is 4.97. The molecule has 0 aromatic heterocycles. The molecule has 0 spiro atoms. The Morgan fingerprint density at radius 1 is 1.23 bits per heavy atom. The van der Waals surface area contributed by atoms with E-state index < -0.39 is 0 Å². The number of hydrogen-bond acceptors (Lipinski definition) is 2. The Labute approximate surface area is 82.7 Å². The first-order valence-corrected chi connectivity index (χ1v) is 5.57. The third-order valence-electron chi connectivity index (χ3n) is 3.04. The molecule has 0 aromatic carbocycles. The van der Waals surface area contributed by atoms with Gasteiger partial charge in [-0.3, -0.25) is 0 Å². The highest BCUT2D eigenvalue weighted by molar-refractivity contribution is 4.74. The van der Waals surface area contributed by atoms with Crippen LogP contribution in [0, 0.1) is 5.41 Å². The van der Waals surface area contributed by atoms with Gasteiger partial charge in [-0.05, 0) is 31.3 Å². The fourth-order valence-corrected chi connectivity index (χ4v) is 1.78. The lowest BCUT2D eigenvalue weighted by Crippen LogP contribution is -2.36. The molecule has 2 nitrogen and oxygen atoms in total. The molecule has 1 aliphatic rings. The Kier molecular flexibility index (Phi) is 4.20. The van der Waals surface area contributed by atoms with Gasteiger partial charge in [0.25, 0.3) is 0 Å². The lowest BCUT2D eigenvalue weighted by molar-refractivity contribution is 0.182. The van der Waals surface area contributed by atoms with E-state index in [1.54, 1.807) is 0 Å². The average molecular weight is 184 g/mol. The summed E-state index contributed by atoms with van der Waals surface area (Å²) in [5, 5.41) is 3.44. The summed E-state index contributed by atoms with van der Waals surface area (Å²) >= 11 is 0. The van der Waals surface area contributed by atoms with Crippen LogP contribution in [0.15, 0.2) is 0 Å². The molecule has 1 N–H and O–H groups in total. The monoisotopic (exact) mass is 184 g/mol. The van der Waals surface area contributed by atoms with Crippen LogP contribution in [0.5, 0.6) is 0 Å². The summed E-state index contributed by atoms with van der Waals surface area (Å²) in [7, 11) is 0. The van der Waals surface area contributed by atoms with E-state index in [9.17, 15) is 0 Å². The highest BCUT2D eigenvalue weighted by Crippen LogP contribution is 2.21. The third-order valence-corrected chi connectivity index (χ3v) is 3.04. The van der Waals surface area contributed by atoms with Gasteiger partial charge in [-0.2, -0.15) is 0 Å². The quantitative estimate of drug-likeness (QED) is 0.718. The van der Waals surface area contributed by atoms with Crippen LogP contribution in [-0.2, 0) is 0 Å². The molecule has 13 heavy (non-hydrogen) atoms. The van der Waals surface area contributed by atoms with E-state index in [-0.39, 0.29) is 0 Å². The normalized spacial score (nSPS) is 21.5. The van der Waals surface area contributed by atoms with E-state index in [0.29, 0.717) is 5.41 Å². The van der Waals surface area contributed by atoms with Crippen molar-refractivity contribution in [3.05, 3.63) is 0 Å². The minimum absolute atomic E-state index is 0.490. The Bertz CT molecular complexity index is 135. The molecule has 0 atom stereocenters. The topological polar surface area (TPSA) is 15.3 Å². The molecule has 1 aliphatic heterocycles. The smallest absolute Gasteiger partial charge is 0.0107 e. The predicted octanol–water partition coefficient (Wildman–Crippen LogP) is 1.72. The molecule has 0 unspecified atom stereocenters. The zero-order valence-corrected chi connectivity index (χ0v) is 9.40. The summed E-state index contributed by atoms with van der Waals surface area (Å²) in [6.45, 7) is 13.1. The summed E-state index contributed by atoms with van der Waals surface area (Å²) < 4.78 is 0. The number of nitrogens with zero attached hydrogens (tertiary/aromatic N) is 1. The van der Waals surface area contributed by atoms with Gasteiger partial charge in [-0.15, -0.1) is 0 Å². The molecule has 2 heteroatoms. The van der Waals surface area contributed by atoms with Gasteiger partial charge in [0.2, 0.25) is 0 Å². The number of hydrogen-bond donors (Lipinski definition) is 1. The molecule has 78 valence electrons. The van der Waals surface area contributed by atoms with Crippen molar-refractivity contribution in [2.24, 2.45) is 5.41 Å². The minimum atomic E-state index is 0.490. The first kappa shape index (κ1) is 11.0. The van der Waals surface area contributed by atoms with Gasteiger partial charge in [0, 0.05) is 19.6 Å². The van der Waals surface area contributed by atoms with Crippen LogP contribution in [0.25, 0.3) is 0 Å². The maximum absolute atomic E-state index is 3.44. The molecule has 1 rings (SSSR count). The highest BCUT2D eigenvalue weighted by Gasteiger charge is 2.19. The predicted molar refractivity (Wildman–Crippen MR) is 58.0 cm³/mol. The number of nitrogens with one attached hydrogen (secondary N) is 1. The largest absolute Gasteiger partial charge is 0.315 e. The number of rotatable bonds is 3. The fraction of sp³-hybridized carbons (Fsp3) is 1.00. The molecule has 1 fully saturated rings. The molecule has 0 bridgehead atoms. The maximum Gasteiger partial charge on any atom is 0.0107 e. The summed E-state index contributed by atoms with van der Waals surface area (Å²) in [6, 6.07) is 0. The van der Waals surface area contributed by atoms with Crippen LogP contribution in [0.2, 0.25) is 0 Å². The first-order chi connectivity index (χ1) is 6.14. The van der Waals surface area contributed by atoms with E-state index in [0.717, 1.165) is 0 Å². The summed E-state index contributed by atoms with van der Waals surface area (Å²) in [5.41, 5.74) is 0.490. The van der Waals surface area contributed by atoms with Gasteiger partial charge >= 0.3 is 0 Å². The van der Waals surface area contributed by atoms with E-state index in [2.05, 4.69) is 31.0 Å². The lowest BCUT2D eigenvalue weighted by Gasteiger charge is -2.30. The van der Waals surface area contributed by atoms with Crippen molar-refractivity contribution >= 4 is 0 Å². The van der Waals surface area contributed by atoms with E-state index in [4.69, 9.17) is 0 Å². The van der Waals surface area contributed by atoms with Crippen LogP contribution in [0.4, 0.5) is 0 Å². The van der Waals surface area contributed by atoms with Crippen LogP contribution in [0.3, 0.4) is 0 Å². The van der Waals surface area contributed by atoms with Crippen LogP contribution < -0.4 is 5.32 Å². The van der Waals surface area contributed by atoms with Crippen LogP contribution >= 0.6 is 0 Å². The van der Waals surface area contributed by atoms with Crippen molar-refractivity contribution in [3.8, 4) is 0 Å². The van der Waals surface area contributed by atoms with Crippen LogP contribution in [0.1, 0.15) is 33.6 Å². The standard InChI is InChI=1S/C11H24N2/c1-4-11(2,3)10-13-8-5-6-12-7-9-13/h12H,4-10H2,1-3H3. The molecular formula is C11H24N2. The van der Waals surface area contributed by atoms with Gasteiger partial charge in [0.15, 0.2) is 0 Å². The van der Waals surface area contributed by atoms with Crippen LogP contribution in [-0.4, -0.2) is 37.6 Å². The summed E-state index contributed by atoms with van der Waals surface area (Å²) in [4.78, 5) is 2.60. The van der Waals surface area contributed by atoms with Gasteiger partial charge in [-0.25, -0.2) is 0 Å². The molecular weight excluding hydrogens is 160 g/mol. The molecule has 0 saturated carbocycles. The zero-order chi connectivity index (χ0) is 9.73. The molecule has 0 radical (unpaired) electrons. The Balaban J connectivity index is 2.33. The second-order valence-electron chi connectivity index (χ2n) is 4.90. The molecule has 1 saturated heterocycles. The maximum atomic E-state index is 3.44. The molecule has 0 amide bonds. The highest BCUT2D eigenvalue weighted by atomic mass is 15.2. The average Bonchev–Trinajstić information content (AvgIpc) is 2.32. The SMILES string of the molecule is CCC(C)(C)CN1CCCNCC1.